The third-order valence-electron chi connectivity index (χ3n) is 2.91. The van der Waals surface area contributed by atoms with Crippen LogP contribution in [0.3, 0.4) is 0 Å². The average Bonchev–Trinajstić information content (AvgIpc) is 2.88. The molecule has 0 saturated carbocycles. The lowest BCUT2D eigenvalue weighted by molar-refractivity contribution is 0.163. The molecule has 0 bridgehead atoms. The van der Waals surface area contributed by atoms with E-state index in [0.717, 1.165) is 17.5 Å². The third-order valence-corrected chi connectivity index (χ3v) is 2.91. The van der Waals surface area contributed by atoms with Crippen LogP contribution in [0.4, 0.5) is 11.8 Å². The first-order valence-corrected chi connectivity index (χ1v) is 5.91. The smallest absolute Gasteiger partial charge is 0.208 e. The predicted molar refractivity (Wildman–Crippen MR) is 70.0 cm³/mol. The maximum atomic E-state index is 5.16. The van der Waals surface area contributed by atoms with Gasteiger partial charge in [-0.25, -0.2) is 4.98 Å². The Morgan fingerprint density at radius 2 is 2.28 bits per heavy atom. The summed E-state index contributed by atoms with van der Waals surface area (Å²) in [4.78, 5) is 4.30. The number of anilines is 2. The zero-order chi connectivity index (χ0) is 13.1. The lowest BCUT2D eigenvalue weighted by Crippen LogP contribution is -2.13. The number of hydrogen-bond acceptors (Lipinski definition) is 4. The van der Waals surface area contributed by atoms with Gasteiger partial charge in [0.15, 0.2) is 5.82 Å². The molecule has 18 heavy (non-hydrogen) atoms. The highest BCUT2D eigenvalue weighted by Crippen LogP contribution is 2.18. The molecule has 1 atom stereocenters. The molecule has 0 aliphatic carbocycles. The predicted octanol–water partition coefficient (Wildman–Crippen LogP) is 1.88. The molecule has 1 unspecified atom stereocenters. The molecule has 6 heteroatoms. The van der Waals surface area contributed by atoms with Crippen molar-refractivity contribution in [3.05, 3.63) is 24.2 Å². The van der Waals surface area contributed by atoms with Crippen molar-refractivity contribution in [3.63, 3.8) is 0 Å². The molecule has 0 spiro atoms. The Morgan fingerprint density at radius 1 is 1.50 bits per heavy atom. The molecule has 2 aromatic heterocycles. The Morgan fingerprint density at radius 3 is 2.89 bits per heavy atom. The highest BCUT2D eigenvalue weighted by molar-refractivity contribution is 5.48. The Labute approximate surface area is 107 Å². The molecule has 6 nitrogen and oxygen atoms in total. The van der Waals surface area contributed by atoms with E-state index in [1.165, 1.54) is 0 Å². The number of nitrogens with one attached hydrogen (secondary N) is 1. The SMILES string of the molecule is COCC(C)n1ccnc1Nc1cc(C)n(C)n1. The zero-order valence-electron chi connectivity index (χ0n) is 11.2. The van der Waals surface area contributed by atoms with Gasteiger partial charge in [-0.3, -0.25) is 4.68 Å². The maximum Gasteiger partial charge on any atom is 0.208 e. The number of methoxy groups -OCH3 is 1. The van der Waals surface area contributed by atoms with E-state index in [1.807, 2.05) is 35.5 Å². The largest absolute Gasteiger partial charge is 0.383 e. The van der Waals surface area contributed by atoms with Crippen molar-refractivity contribution < 1.29 is 4.74 Å². The van der Waals surface area contributed by atoms with Crippen LogP contribution in [0, 0.1) is 6.92 Å². The van der Waals surface area contributed by atoms with E-state index in [9.17, 15) is 0 Å². The summed E-state index contributed by atoms with van der Waals surface area (Å²) < 4.78 is 9.02. The van der Waals surface area contributed by atoms with Crippen molar-refractivity contribution in [3.8, 4) is 0 Å². The Bertz CT molecular complexity index is 497. The number of imidazole rings is 1. The van der Waals surface area contributed by atoms with Gasteiger partial charge in [0.25, 0.3) is 0 Å². The second-order valence-corrected chi connectivity index (χ2v) is 4.38. The quantitative estimate of drug-likeness (QED) is 0.879. The van der Waals surface area contributed by atoms with Gasteiger partial charge in [0.05, 0.1) is 12.6 Å². The van der Waals surface area contributed by atoms with Crippen LogP contribution in [0.1, 0.15) is 18.7 Å². The second-order valence-electron chi connectivity index (χ2n) is 4.38. The van der Waals surface area contributed by atoms with E-state index in [2.05, 4.69) is 22.3 Å². The van der Waals surface area contributed by atoms with Crippen molar-refractivity contribution in [1.29, 1.82) is 0 Å². The van der Waals surface area contributed by atoms with Gasteiger partial charge in [0, 0.05) is 38.3 Å². The standard InChI is InChI=1S/C12H19N5O/c1-9-7-11(15-16(9)3)14-12-13-5-6-17(12)10(2)8-18-4/h5-7,10H,8H2,1-4H3,(H,13,14,15). The summed E-state index contributed by atoms with van der Waals surface area (Å²) >= 11 is 0. The summed E-state index contributed by atoms with van der Waals surface area (Å²) in [5, 5.41) is 7.57. The molecule has 98 valence electrons. The van der Waals surface area contributed by atoms with Crippen molar-refractivity contribution in [2.75, 3.05) is 19.0 Å². The fourth-order valence-electron chi connectivity index (χ4n) is 1.82. The molecule has 0 saturated heterocycles. The van der Waals surface area contributed by atoms with Gasteiger partial charge in [-0.05, 0) is 13.8 Å². The molecule has 1 N–H and O–H groups in total. The number of ether oxygens (including phenoxy) is 1. The van der Waals surface area contributed by atoms with Crippen molar-refractivity contribution >= 4 is 11.8 Å². The minimum absolute atomic E-state index is 0.227. The van der Waals surface area contributed by atoms with E-state index in [-0.39, 0.29) is 6.04 Å². The minimum atomic E-state index is 0.227. The fraction of sp³-hybridized carbons (Fsp3) is 0.500. The van der Waals surface area contributed by atoms with E-state index in [1.54, 1.807) is 13.3 Å². The average molecular weight is 249 g/mol. The molecule has 0 aliphatic heterocycles. The first-order valence-electron chi connectivity index (χ1n) is 5.91. The van der Waals surface area contributed by atoms with Gasteiger partial charge in [-0.1, -0.05) is 0 Å². The van der Waals surface area contributed by atoms with Crippen LogP contribution < -0.4 is 5.32 Å². The van der Waals surface area contributed by atoms with Gasteiger partial charge in [-0.15, -0.1) is 0 Å². The summed E-state index contributed by atoms with van der Waals surface area (Å²) in [6, 6.07) is 2.21. The second kappa shape index (κ2) is 5.22. The Balaban J connectivity index is 2.17. The molecule has 0 radical (unpaired) electrons. The van der Waals surface area contributed by atoms with Gasteiger partial charge in [-0.2, -0.15) is 5.10 Å². The first kappa shape index (κ1) is 12.6. The maximum absolute atomic E-state index is 5.16. The summed E-state index contributed by atoms with van der Waals surface area (Å²) in [7, 11) is 3.61. The van der Waals surface area contributed by atoms with Crippen molar-refractivity contribution in [2.45, 2.75) is 19.9 Å². The lowest BCUT2D eigenvalue weighted by Gasteiger charge is -2.15. The van der Waals surface area contributed by atoms with Crippen LogP contribution in [-0.4, -0.2) is 33.0 Å². The van der Waals surface area contributed by atoms with E-state index >= 15 is 0 Å². The van der Waals surface area contributed by atoms with Crippen LogP contribution in [0.2, 0.25) is 0 Å². The fourth-order valence-corrected chi connectivity index (χ4v) is 1.82. The van der Waals surface area contributed by atoms with Crippen LogP contribution in [0.25, 0.3) is 0 Å². The number of aryl methyl sites for hydroxylation is 2. The van der Waals surface area contributed by atoms with E-state index in [4.69, 9.17) is 4.74 Å². The molecule has 2 aromatic rings. The lowest BCUT2D eigenvalue weighted by atomic mass is 10.3. The zero-order valence-corrected chi connectivity index (χ0v) is 11.2. The van der Waals surface area contributed by atoms with Crippen molar-refractivity contribution in [1.82, 2.24) is 19.3 Å². The number of aromatic nitrogens is 4. The minimum Gasteiger partial charge on any atom is -0.383 e. The Kier molecular flexibility index (Phi) is 3.66. The van der Waals surface area contributed by atoms with Gasteiger partial charge in [0.1, 0.15) is 0 Å². The van der Waals surface area contributed by atoms with Crippen molar-refractivity contribution in [2.24, 2.45) is 7.05 Å². The monoisotopic (exact) mass is 249 g/mol. The molecule has 2 heterocycles. The molecule has 0 amide bonds. The summed E-state index contributed by atoms with van der Waals surface area (Å²) in [5.41, 5.74) is 1.10. The first-order chi connectivity index (χ1) is 8.61. The normalized spacial score (nSPS) is 12.7. The molecule has 0 aromatic carbocycles. The highest BCUT2D eigenvalue weighted by Gasteiger charge is 2.11. The molecular formula is C12H19N5O. The van der Waals surface area contributed by atoms with Gasteiger partial charge in [0.2, 0.25) is 5.95 Å². The Hall–Kier alpha value is -1.82. The van der Waals surface area contributed by atoms with Crippen LogP contribution in [0.15, 0.2) is 18.5 Å². The van der Waals surface area contributed by atoms with E-state index < -0.39 is 0 Å². The van der Waals surface area contributed by atoms with Gasteiger partial charge >= 0.3 is 0 Å². The summed E-state index contributed by atoms with van der Waals surface area (Å²) in [5.74, 6) is 1.57. The number of nitrogens with zero attached hydrogens (tertiary/aromatic N) is 4. The van der Waals surface area contributed by atoms with Crippen LogP contribution in [0.5, 0.6) is 0 Å². The molecule has 0 aliphatic rings. The summed E-state index contributed by atoms with van der Waals surface area (Å²) in [6.45, 7) is 4.74. The van der Waals surface area contributed by atoms with E-state index in [0.29, 0.717) is 6.61 Å². The topological polar surface area (TPSA) is 56.9 Å². The van der Waals surface area contributed by atoms with Crippen LogP contribution >= 0.6 is 0 Å². The summed E-state index contributed by atoms with van der Waals surface area (Å²) in [6.07, 6.45) is 3.70. The molecular weight excluding hydrogens is 230 g/mol. The highest BCUT2D eigenvalue weighted by atomic mass is 16.5. The van der Waals surface area contributed by atoms with Crippen LogP contribution in [-0.2, 0) is 11.8 Å². The number of rotatable bonds is 5. The third kappa shape index (κ3) is 2.53. The van der Waals surface area contributed by atoms with Gasteiger partial charge < -0.3 is 14.6 Å². The number of hydrogen-bond donors (Lipinski definition) is 1. The molecule has 0 fully saturated rings. The molecule has 2 rings (SSSR count).